The van der Waals surface area contributed by atoms with Crippen molar-refractivity contribution >= 4 is 0 Å². The second-order valence-corrected chi connectivity index (χ2v) is 4.65. The molecule has 0 saturated heterocycles. The predicted octanol–water partition coefficient (Wildman–Crippen LogP) is 3.02. The second-order valence-electron chi connectivity index (χ2n) is 4.65. The molecule has 0 radical (unpaired) electrons. The maximum atomic E-state index is 13.3. The number of halogens is 2. The summed E-state index contributed by atoms with van der Waals surface area (Å²) in [7, 11) is 0. The molecule has 1 aromatic carbocycles. The third-order valence-electron chi connectivity index (χ3n) is 3.21. The van der Waals surface area contributed by atoms with Crippen molar-refractivity contribution < 1.29 is 13.2 Å². The van der Waals surface area contributed by atoms with Gasteiger partial charge in [0.05, 0.1) is 6.26 Å². The Kier molecular flexibility index (Phi) is 3.48. The Morgan fingerprint density at radius 3 is 2.56 bits per heavy atom. The second kappa shape index (κ2) is 4.90. The predicted molar refractivity (Wildman–Crippen MR) is 65.2 cm³/mol. The van der Waals surface area contributed by atoms with Crippen molar-refractivity contribution in [1.82, 2.24) is 0 Å². The van der Waals surface area contributed by atoms with E-state index in [9.17, 15) is 8.78 Å². The standard InChI is InChI=1S/C14H15F2NO/c1-14(9-17,8-11-3-2-6-18-11)10-4-5-12(15)13(16)7-10/h2-7H,8-9,17H2,1H3. The molecule has 0 fully saturated rings. The maximum Gasteiger partial charge on any atom is 0.159 e. The zero-order valence-electron chi connectivity index (χ0n) is 10.1. The summed E-state index contributed by atoms with van der Waals surface area (Å²) in [6.07, 6.45) is 2.12. The van der Waals surface area contributed by atoms with Crippen molar-refractivity contribution in [1.29, 1.82) is 0 Å². The summed E-state index contributed by atoms with van der Waals surface area (Å²) in [6.45, 7) is 2.22. The molecule has 2 rings (SSSR count). The van der Waals surface area contributed by atoms with Gasteiger partial charge in [-0.15, -0.1) is 0 Å². The fourth-order valence-corrected chi connectivity index (χ4v) is 1.96. The third-order valence-corrected chi connectivity index (χ3v) is 3.21. The van der Waals surface area contributed by atoms with Crippen LogP contribution in [0.5, 0.6) is 0 Å². The molecule has 2 N–H and O–H groups in total. The Morgan fingerprint density at radius 1 is 1.22 bits per heavy atom. The molecule has 0 aliphatic rings. The number of hydrogen-bond donors (Lipinski definition) is 1. The van der Waals surface area contributed by atoms with Crippen LogP contribution in [0.2, 0.25) is 0 Å². The van der Waals surface area contributed by atoms with Crippen LogP contribution < -0.4 is 5.73 Å². The van der Waals surface area contributed by atoms with Crippen LogP contribution in [0.1, 0.15) is 18.2 Å². The molecule has 0 aliphatic heterocycles. The molecule has 1 atom stereocenters. The topological polar surface area (TPSA) is 39.2 Å². The first-order valence-electron chi connectivity index (χ1n) is 5.73. The smallest absolute Gasteiger partial charge is 0.159 e. The average molecular weight is 251 g/mol. The minimum atomic E-state index is -0.855. The largest absolute Gasteiger partial charge is 0.469 e. The zero-order valence-corrected chi connectivity index (χ0v) is 10.1. The first-order valence-corrected chi connectivity index (χ1v) is 5.73. The van der Waals surface area contributed by atoms with Crippen molar-refractivity contribution in [3.05, 3.63) is 59.6 Å². The highest BCUT2D eigenvalue weighted by Crippen LogP contribution is 2.28. The van der Waals surface area contributed by atoms with Crippen LogP contribution in [0.25, 0.3) is 0 Å². The first kappa shape index (κ1) is 12.8. The Bertz CT molecular complexity index is 525. The van der Waals surface area contributed by atoms with E-state index in [0.29, 0.717) is 18.5 Å². The normalized spacial score (nSPS) is 14.4. The summed E-state index contributed by atoms with van der Waals surface area (Å²) >= 11 is 0. The molecule has 18 heavy (non-hydrogen) atoms. The molecular formula is C14H15F2NO. The van der Waals surface area contributed by atoms with E-state index in [0.717, 1.165) is 11.8 Å². The van der Waals surface area contributed by atoms with Crippen LogP contribution in [-0.4, -0.2) is 6.54 Å². The molecule has 96 valence electrons. The maximum absolute atomic E-state index is 13.3. The minimum Gasteiger partial charge on any atom is -0.469 e. The minimum absolute atomic E-state index is 0.318. The van der Waals surface area contributed by atoms with Gasteiger partial charge in [0, 0.05) is 18.4 Å². The number of rotatable bonds is 4. The molecule has 0 aliphatic carbocycles. The van der Waals surface area contributed by atoms with Crippen LogP contribution in [0, 0.1) is 11.6 Å². The Balaban J connectivity index is 2.33. The molecule has 2 aromatic rings. The lowest BCUT2D eigenvalue weighted by Crippen LogP contribution is -2.34. The fourth-order valence-electron chi connectivity index (χ4n) is 1.96. The van der Waals surface area contributed by atoms with Gasteiger partial charge in [0.2, 0.25) is 0 Å². The van der Waals surface area contributed by atoms with Gasteiger partial charge in [0.1, 0.15) is 5.76 Å². The van der Waals surface area contributed by atoms with Gasteiger partial charge in [-0.2, -0.15) is 0 Å². The highest BCUT2D eigenvalue weighted by Gasteiger charge is 2.27. The Hall–Kier alpha value is -1.68. The van der Waals surface area contributed by atoms with Gasteiger partial charge in [-0.1, -0.05) is 13.0 Å². The summed E-state index contributed by atoms with van der Waals surface area (Å²) < 4.78 is 31.5. The van der Waals surface area contributed by atoms with Crippen molar-refractivity contribution in [3.63, 3.8) is 0 Å². The molecule has 1 heterocycles. The molecule has 1 unspecified atom stereocenters. The molecule has 0 amide bonds. The highest BCUT2D eigenvalue weighted by atomic mass is 19.2. The van der Waals surface area contributed by atoms with E-state index in [4.69, 9.17) is 10.2 Å². The van der Waals surface area contributed by atoms with E-state index in [1.54, 1.807) is 18.4 Å². The molecular weight excluding hydrogens is 236 g/mol. The first-order chi connectivity index (χ1) is 8.55. The van der Waals surface area contributed by atoms with Gasteiger partial charge in [-0.05, 0) is 29.8 Å². The monoisotopic (exact) mass is 251 g/mol. The molecule has 1 aromatic heterocycles. The lowest BCUT2D eigenvalue weighted by Gasteiger charge is -2.27. The van der Waals surface area contributed by atoms with E-state index in [1.807, 2.05) is 13.0 Å². The van der Waals surface area contributed by atoms with Gasteiger partial charge in [-0.25, -0.2) is 8.78 Å². The lowest BCUT2D eigenvalue weighted by molar-refractivity contribution is 0.408. The SMILES string of the molecule is CC(CN)(Cc1ccco1)c1ccc(F)c(F)c1. The van der Waals surface area contributed by atoms with E-state index >= 15 is 0 Å². The number of benzene rings is 1. The van der Waals surface area contributed by atoms with Crippen LogP contribution in [0.4, 0.5) is 8.78 Å². The van der Waals surface area contributed by atoms with Gasteiger partial charge in [0.15, 0.2) is 11.6 Å². The van der Waals surface area contributed by atoms with Gasteiger partial charge in [0.25, 0.3) is 0 Å². The summed E-state index contributed by atoms with van der Waals surface area (Å²) in [5.41, 5.74) is 5.97. The van der Waals surface area contributed by atoms with Crippen molar-refractivity contribution in [2.75, 3.05) is 6.54 Å². The number of furan rings is 1. The van der Waals surface area contributed by atoms with E-state index in [2.05, 4.69) is 0 Å². The van der Waals surface area contributed by atoms with Crippen LogP contribution in [0.3, 0.4) is 0 Å². The summed E-state index contributed by atoms with van der Waals surface area (Å²) in [4.78, 5) is 0. The van der Waals surface area contributed by atoms with Gasteiger partial charge in [-0.3, -0.25) is 0 Å². The quantitative estimate of drug-likeness (QED) is 0.907. The van der Waals surface area contributed by atoms with Gasteiger partial charge >= 0.3 is 0 Å². The third kappa shape index (κ3) is 2.43. The van der Waals surface area contributed by atoms with Crippen LogP contribution >= 0.6 is 0 Å². The molecule has 0 spiro atoms. The summed E-state index contributed by atoms with van der Waals surface area (Å²) in [5.74, 6) is -0.935. The Morgan fingerprint density at radius 2 is 2.00 bits per heavy atom. The fraction of sp³-hybridized carbons (Fsp3) is 0.286. The van der Waals surface area contributed by atoms with Crippen molar-refractivity contribution in [2.45, 2.75) is 18.8 Å². The van der Waals surface area contributed by atoms with E-state index in [-0.39, 0.29) is 0 Å². The van der Waals surface area contributed by atoms with Gasteiger partial charge < -0.3 is 10.2 Å². The summed E-state index contributed by atoms with van der Waals surface area (Å²) in [5, 5.41) is 0. The van der Waals surface area contributed by atoms with Crippen molar-refractivity contribution in [2.24, 2.45) is 5.73 Å². The number of hydrogen-bond acceptors (Lipinski definition) is 2. The molecule has 0 saturated carbocycles. The number of nitrogens with two attached hydrogens (primary N) is 1. The molecule has 4 heteroatoms. The van der Waals surface area contributed by atoms with Crippen molar-refractivity contribution in [3.8, 4) is 0 Å². The highest BCUT2D eigenvalue weighted by molar-refractivity contribution is 5.28. The molecule has 2 nitrogen and oxygen atoms in total. The lowest BCUT2D eigenvalue weighted by atomic mass is 9.79. The van der Waals surface area contributed by atoms with E-state index < -0.39 is 17.0 Å². The zero-order chi connectivity index (χ0) is 13.2. The van der Waals surface area contributed by atoms with Crippen LogP contribution in [0.15, 0.2) is 41.0 Å². The average Bonchev–Trinajstić information content (AvgIpc) is 2.85. The van der Waals surface area contributed by atoms with E-state index in [1.165, 1.54) is 6.07 Å². The summed E-state index contributed by atoms with van der Waals surface area (Å²) in [6, 6.07) is 7.52. The molecule has 0 bridgehead atoms. The van der Waals surface area contributed by atoms with Crippen LogP contribution in [-0.2, 0) is 11.8 Å². The Labute approximate surface area is 104 Å².